The Hall–Kier alpha value is -3.45. The first-order valence-corrected chi connectivity index (χ1v) is 12.1. The van der Waals surface area contributed by atoms with Crippen molar-refractivity contribution in [3.05, 3.63) is 66.0 Å². The summed E-state index contributed by atoms with van der Waals surface area (Å²) in [5.41, 5.74) is 3.28. The van der Waals surface area contributed by atoms with Crippen LogP contribution < -0.4 is 0 Å². The van der Waals surface area contributed by atoms with Gasteiger partial charge >= 0.3 is 12.1 Å². The molecule has 1 fully saturated rings. The number of aromatic nitrogens is 1. The van der Waals surface area contributed by atoms with Crippen molar-refractivity contribution in [2.24, 2.45) is 0 Å². The molecule has 184 valence electrons. The number of hydrogen-bond donors (Lipinski definition) is 0. The highest BCUT2D eigenvalue weighted by molar-refractivity contribution is 6.03. The van der Waals surface area contributed by atoms with Gasteiger partial charge in [-0.1, -0.05) is 30.3 Å². The molecule has 1 amide bonds. The minimum absolute atomic E-state index is 0.239. The van der Waals surface area contributed by atoms with E-state index in [2.05, 4.69) is 40.2 Å². The van der Waals surface area contributed by atoms with E-state index in [1.807, 2.05) is 39.0 Å². The van der Waals surface area contributed by atoms with Gasteiger partial charge in [0.1, 0.15) is 5.60 Å². The number of esters is 1. The summed E-state index contributed by atoms with van der Waals surface area (Å²) in [6.45, 7) is 11.5. The Kier molecular flexibility index (Phi) is 7.36. The molecule has 0 atom stereocenters. The predicted molar refractivity (Wildman–Crippen MR) is 136 cm³/mol. The molecular formula is C28H33N3O4. The number of nitrogens with zero attached hydrogens (tertiary/aromatic N) is 3. The second-order valence-electron chi connectivity index (χ2n) is 9.76. The Morgan fingerprint density at radius 2 is 1.71 bits per heavy atom. The largest absolute Gasteiger partial charge is 0.461 e. The van der Waals surface area contributed by atoms with E-state index >= 15 is 0 Å². The summed E-state index contributed by atoms with van der Waals surface area (Å²) in [5, 5.41) is 1.73. The number of fused-ring (bicyclic) bond motifs is 1. The van der Waals surface area contributed by atoms with Gasteiger partial charge < -0.3 is 14.4 Å². The van der Waals surface area contributed by atoms with Crippen molar-refractivity contribution in [1.29, 1.82) is 0 Å². The summed E-state index contributed by atoms with van der Waals surface area (Å²) in [7, 11) is 0. The molecule has 35 heavy (non-hydrogen) atoms. The third kappa shape index (κ3) is 6.17. The lowest BCUT2D eigenvalue weighted by atomic mass is 9.99. The van der Waals surface area contributed by atoms with Crippen LogP contribution in [0.5, 0.6) is 0 Å². The molecule has 7 heteroatoms. The van der Waals surface area contributed by atoms with E-state index < -0.39 is 11.6 Å². The van der Waals surface area contributed by atoms with Gasteiger partial charge in [-0.2, -0.15) is 0 Å². The number of hydrogen-bond acceptors (Lipinski definition) is 6. The molecule has 0 N–H and O–H groups in total. The fraction of sp³-hybridized carbons (Fsp3) is 0.393. The number of ether oxygens (including phenoxy) is 2. The second-order valence-corrected chi connectivity index (χ2v) is 9.76. The Labute approximate surface area is 206 Å². The van der Waals surface area contributed by atoms with Crippen LogP contribution in [0.1, 0.15) is 43.7 Å². The molecule has 1 aliphatic heterocycles. The monoisotopic (exact) mass is 475 g/mol. The van der Waals surface area contributed by atoms with Crippen molar-refractivity contribution in [3.63, 3.8) is 0 Å². The molecule has 2 aromatic carbocycles. The van der Waals surface area contributed by atoms with E-state index in [0.29, 0.717) is 25.4 Å². The van der Waals surface area contributed by atoms with Gasteiger partial charge in [-0.05, 0) is 68.0 Å². The normalized spacial score (nSPS) is 14.7. The van der Waals surface area contributed by atoms with Gasteiger partial charge in [0.05, 0.1) is 6.61 Å². The maximum Gasteiger partial charge on any atom is 0.410 e. The lowest BCUT2D eigenvalue weighted by molar-refractivity contribution is 0.0139. The smallest absolute Gasteiger partial charge is 0.410 e. The van der Waals surface area contributed by atoms with Crippen LogP contribution >= 0.6 is 0 Å². The number of pyridine rings is 1. The van der Waals surface area contributed by atoms with Crippen LogP contribution in [-0.2, 0) is 16.0 Å². The summed E-state index contributed by atoms with van der Waals surface area (Å²) in [6, 6.07) is 16.5. The van der Waals surface area contributed by atoms with Crippen LogP contribution in [0.4, 0.5) is 4.79 Å². The molecule has 7 nitrogen and oxygen atoms in total. The number of amides is 1. The summed E-state index contributed by atoms with van der Waals surface area (Å²) in [6.07, 6.45) is 1.41. The molecule has 2 heterocycles. The minimum Gasteiger partial charge on any atom is -0.461 e. The molecule has 0 bridgehead atoms. The van der Waals surface area contributed by atoms with E-state index in [4.69, 9.17) is 9.47 Å². The molecule has 0 radical (unpaired) electrons. The van der Waals surface area contributed by atoms with Crippen LogP contribution in [-0.4, -0.2) is 65.2 Å². The Balaban J connectivity index is 1.44. The topological polar surface area (TPSA) is 72.0 Å². The second kappa shape index (κ2) is 10.4. The zero-order valence-corrected chi connectivity index (χ0v) is 20.9. The van der Waals surface area contributed by atoms with E-state index in [9.17, 15) is 9.59 Å². The first kappa shape index (κ1) is 24.7. The van der Waals surface area contributed by atoms with E-state index in [-0.39, 0.29) is 6.09 Å². The van der Waals surface area contributed by atoms with Gasteiger partial charge in [0.2, 0.25) is 0 Å². The van der Waals surface area contributed by atoms with Gasteiger partial charge in [-0.15, -0.1) is 0 Å². The van der Waals surface area contributed by atoms with Gasteiger partial charge in [-0.25, -0.2) is 14.6 Å². The number of piperazine rings is 1. The van der Waals surface area contributed by atoms with Crippen molar-refractivity contribution >= 4 is 22.8 Å². The third-order valence-corrected chi connectivity index (χ3v) is 5.92. The number of carbonyl (C=O) groups is 2. The standard InChI is InChI=1S/C28H33N3O4/c1-5-34-26(32)25-24-10-9-22(18-23(24)11-12-29-25)21-8-6-7-20(17-21)19-30-13-15-31(16-14-30)27(33)35-28(2,3)4/h6-12,17-18H,5,13-16,19H2,1-4H3. The first-order valence-electron chi connectivity index (χ1n) is 12.1. The summed E-state index contributed by atoms with van der Waals surface area (Å²) in [4.78, 5) is 32.9. The summed E-state index contributed by atoms with van der Waals surface area (Å²) < 4.78 is 10.6. The number of benzene rings is 2. The molecule has 0 saturated carbocycles. The van der Waals surface area contributed by atoms with Crippen molar-refractivity contribution in [2.75, 3.05) is 32.8 Å². The van der Waals surface area contributed by atoms with Crippen molar-refractivity contribution in [3.8, 4) is 11.1 Å². The molecule has 1 aromatic heterocycles. The van der Waals surface area contributed by atoms with Gasteiger partial charge in [0.25, 0.3) is 0 Å². The molecule has 3 aromatic rings. The maximum atomic E-state index is 12.3. The summed E-state index contributed by atoms with van der Waals surface area (Å²) in [5.74, 6) is -0.403. The SMILES string of the molecule is CCOC(=O)c1nccc2cc(-c3cccc(CN4CCN(C(=O)OC(C)(C)C)CC4)c3)ccc12. The van der Waals surface area contributed by atoms with E-state index in [0.717, 1.165) is 41.5 Å². The van der Waals surface area contributed by atoms with Crippen molar-refractivity contribution in [1.82, 2.24) is 14.8 Å². The van der Waals surface area contributed by atoms with Crippen LogP contribution in [0.2, 0.25) is 0 Å². The average molecular weight is 476 g/mol. The number of rotatable bonds is 5. The number of carbonyl (C=O) groups excluding carboxylic acids is 2. The highest BCUT2D eigenvalue weighted by atomic mass is 16.6. The fourth-order valence-electron chi connectivity index (χ4n) is 4.24. The quantitative estimate of drug-likeness (QED) is 0.477. The third-order valence-electron chi connectivity index (χ3n) is 5.92. The molecule has 0 unspecified atom stereocenters. The van der Waals surface area contributed by atoms with Gasteiger partial charge in [0.15, 0.2) is 5.69 Å². The molecular weight excluding hydrogens is 442 g/mol. The minimum atomic E-state index is -0.478. The zero-order valence-electron chi connectivity index (χ0n) is 20.9. The zero-order chi connectivity index (χ0) is 25.0. The van der Waals surface area contributed by atoms with Crippen molar-refractivity contribution < 1.29 is 19.1 Å². The highest BCUT2D eigenvalue weighted by Crippen LogP contribution is 2.27. The summed E-state index contributed by atoms with van der Waals surface area (Å²) >= 11 is 0. The lowest BCUT2D eigenvalue weighted by Gasteiger charge is -2.35. The molecule has 4 rings (SSSR count). The van der Waals surface area contributed by atoms with Crippen LogP contribution in [0, 0.1) is 0 Å². The Bertz CT molecular complexity index is 1210. The van der Waals surface area contributed by atoms with Gasteiger partial charge in [0, 0.05) is 44.3 Å². The first-order chi connectivity index (χ1) is 16.7. The van der Waals surface area contributed by atoms with Crippen LogP contribution in [0.15, 0.2) is 54.7 Å². The Morgan fingerprint density at radius 3 is 2.43 bits per heavy atom. The van der Waals surface area contributed by atoms with Gasteiger partial charge in [-0.3, -0.25) is 4.90 Å². The molecule has 1 aliphatic rings. The average Bonchev–Trinajstić information content (AvgIpc) is 2.83. The maximum absolute atomic E-state index is 12.3. The molecule has 1 saturated heterocycles. The molecule has 0 spiro atoms. The van der Waals surface area contributed by atoms with Crippen LogP contribution in [0.25, 0.3) is 21.9 Å². The highest BCUT2D eigenvalue weighted by Gasteiger charge is 2.25. The molecule has 0 aliphatic carbocycles. The van der Waals surface area contributed by atoms with Crippen LogP contribution in [0.3, 0.4) is 0 Å². The fourth-order valence-corrected chi connectivity index (χ4v) is 4.24. The van der Waals surface area contributed by atoms with E-state index in [1.54, 1.807) is 18.0 Å². The Morgan fingerprint density at radius 1 is 0.971 bits per heavy atom. The van der Waals surface area contributed by atoms with E-state index in [1.165, 1.54) is 5.56 Å². The van der Waals surface area contributed by atoms with Crippen molar-refractivity contribution in [2.45, 2.75) is 39.8 Å². The lowest BCUT2D eigenvalue weighted by Crippen LogP contribution is -2.49. The predicted octanol–water partition coefficient (Wildman–Crippen LogP) is 5.13.